The molecular formula is C33H34O4. The van der Waals surface area contributed by atoms with Gasteiger partial charge in [0, 0.05) is 26.1 Å². The Morgan fingerprint density at radius 3 is 1.43 bits per heavy atom. The van der Waals surface area contributed by atoms with Crippen molar-refractivity contribution >= 4 is 0 Å². The van der Waals surface area contributed by atoms with Gasteiger partial charge in [-0.25, -0.2) is 0 Å². The maximum atomic E-state index is 9.15. The Morgan fingerprint density at radius 1 is 0.595 bits per heavy atom. The minimum atomic E-state index is -0.490. The number of hydrogen-bond donors (Lipinski definition) is 2. The zero-order chi connectivity index (χ0) is 25.8. The van der Waals surface area contributed by atoms with Crippen molar-refractivity contribution in [2.75, 3.05) is 26.4 Å². The average molecular weight is 495 g/mol. The van der Waals surface area contributed by atoms with Crippen LogP contribution in [0.3, 0.4) is 0 Å². The van der Waals surface area contributed by atoms with Gasteiger partial charge in [0.15, 0.2) is 0 Å². The predicted octanol–water partition coefficient (Wildman–Crippen LogP) is 6.19. The van der Waals surface area contributed by atoms with Gasteiger partial charge in [0.05, 0.1) is 18.6 Å². The van der Waals surface area contributed by atoms with E-state index in [0.717, 1.165) is 22.6 Å². The van der Waals surface area contributed by atoms with Crippen LogP contribution in [0.15, 0.2) is 84.9 Å². The molecule has 0 saturated carbocycles. The first-order valence-electron chi connectivity index (χ1n) is 13.0. The second-order valence-electron chi connectivity index (χ2n) is 9.65. The molecule has 0 spiro atoms. The molecule has 0 aromatic heterocycles. The lowest BCUT2D eigenvalue weighted by atomic mass is 9.67. The van der Waals surface area contributed by atoms with Gasteiger partial charge in [0.25, 0.3) is 0 Å². The fourth-order valence-electron chi connectivity index (χ4n) is 5.61. The van der Waals surface area contributed by atoms with Gasteiger partial charge in [-0.1, -0.05) is 72.8 Å². The number of hydrogen-bond acceptors (Lipinski definition) is 4. The Bertz CT molecular complexity index is 1280. The molecule has 0 heterocycles. The van der Waals surface area contributed by atoms with Gasteiger partial charge < -0.3 is 19.7 Å². The Hall–Kier alpha value is -3.60. The van der Waals surface area contributed by atoms with E-state index >= 15 is 0 Å². The van der Waals surface area contributed by atoms with E-state index in [2.05, 4.69) is 98.8 Å². The summed E-state index contributed by atoms with van der Waals surface area (Å²) in [5.74, 6) is 1.69. The van der Waals surface area contributed by atoms with Crippen molar-refractivity contribution in [1.82, 2.24) is 0 Å². The molecule has 0 fully saturated rings. The van der Waals surface area contributed by atoms with Gasteiger partial charge in [-0.2, -0.15) is 0 Å². The smallest absolute Gasteiger partial charge is 0.122 e. The SMILES string of the molecule is Cc1cc(C2(c3ccc(OCCCO)c(C)c3)c3ccccc3-c3ccccc32)ccc1OCCCO. The lowest BCUT2D eigenvalue weighted by Gasteiger charge is -2.34. The molecule has 4 nitrogen and oxygen atoms in total. The minimum absolute atomic E-state index is 0.118. The molecule has 4 aromatic carbocycles. The van der Waals surface area contributed by atoms with Crippen molar-refractivity contribution in [2.45, 2.75) is 32.1 Å². The number of aliphatic hydroxyl groups is 2. The van der Waals surface area contributed by atoms with Gasteiger partial charge in [0.2, 0.25) is 0 Å². The molecule has 0 aliphatic heterocycles. The normalized spacial score (nSPS) is 13.2. The first-order valence-corrected chi connectivity index (χ1v) is 13.0. The van der Waals surface area contributed by atoms with E-state index in [1.807, 2.05) is 0 Å². The quantitative estimate of drug-likeness (QED) is 0.227. The highest BCUT2D eigenvalue weighted by Crippen LogP contribution is 2.56. The van der Waals surface area contributed by atoms with E-state index in [-0.39, 0.29) is 13.2 Å². The third-order valence-electron chi connectivity index (χ3n) is 7.29. The van der Waals surface area contributed by atoms with E-state index in [4.69, 9.17) is 19.7 Å². The Labute approximate surface area is 219 Å². The highest BCUT2D eigenvalue weighted by Gasteiger charge is 2.46. The molecule has 0 radical (unpaired) electrons. The summed E-state index contributed by atoms with van der Waals surface area (Å²) in [6.45, 7) is 5.39. The van der Waals surface area contributed by atoms with Crippen LogP contribution in [0, 0.1) is 13.8 Å². The van der Waals surface area contributed by atoms with E-state index < -0.39 is 5.41 Å². The third kappa shape index (κ3) is 4.41. The minimum Gasteiger partial charge on any atom is -0.493 e. The maximum absolute atomic E-state index is 9.15. The zero-order valence-electron chi connectivity index (χ0n) is 21.5. The van der Waals surface area contributed by atoms with Gasteiger partial charge in [0.1, 0.15) is 11.5 Å². The summed E-state index contributed by atoms with van der Waals surface area (Å²) in [6, 6.07) is 30.4. The molecule has 0 bridgehead atoms. The lowest BCUT2D eigenvalue weighted by Crippen LogP contribution is -2.29. The number of fused-ring (bicyclic) bond motifs is 3. The summed E-state index contributed by atoms with van der Waals surface area (Å²) < 4.78 is 11.9. The van der Waals surface area contributed by atoms with Gasteiger partial charge in [-0.05, 0) is 70.5 Å². The number of benzene rings is 4. The molecule has 1 aliphatic rings. The largest absolute Gasteiger partial charge is 0.493 e. The van der Waals surface area contributed by atoms with Crippen molar-refractivity contribution in [3.05, 3.63) is 118 Å². The Balaban J connectivity index is 1.71. The second kappa shape index (κ2) is 10.8. The zero-order valence-corrected chi connectivity index (χ0v) is 21.5. The Kier molecular flexibility index (Phi) is 7.31. The standard InChI is InChI=1S/C33H34O4/c1-23-21-25(13-15-31(23)36-19-7-17-34)33(26-14-16-32(24(2)22-26)37-20-8-18-35)29-11-5-3-9-27(29)28-10-4-6-12-30(28)33/h3-6,9-16,21-22,34-35H,7-8,17-20H2,1-2H3. The van der Waals surface area contributed by atoms with Crippen LogP contribution in [0.1, 0.15) is 46.2 Å². The molecule has 2 N–H and O–H groups in total. The highest BCUT2D eigenvalue weighted by molar-refractivity contribution is 5.86. The van der Waals surface area contributed by atoms with Crippen LogP contribution < -0.4 is 9.47 Å². The molecule has 1 aliphatic carbocycles. The molecule has 4 heteroatoms. The topological polar surface area (TPSA) is 58.9 Å². The predicted molar refractivity (Wildman–Crippen MR) is 148 cm³/mol. The summed E-state index contributed by atoms with van der Waals surface area (Å²) >= 11 is 0. The second-order valence-corrected chi connectivity index (χ2v) is 9.65. The van der Waals surface area contributed by atoms with Crippen molar-refractivity contribution in [3.8, 4) is 22.6 Å². The fourth-order valence-corrected chi connectivity index (χ4v) is 5.61. The van der Waals surface area contributed by atoms with Gasteiger partial charge in [-0.15, -0.1) is 0 Å². The molecule has 0 unspecified atom stereocenters. The number of rotatable bonds is 10. The van der Waals surface area contributed by atoms with Crippen LogP contribution in [-0.4, -0.2) is 36.6 Å². The highest BCUT2D eigenvalue weighted by atomic mass is 16.5. The summed E-state index contributed by atoms with van der Waals surface area (Å²) in [5, 5.41) is 18.3. The molecule has 0 saturated heterocycles. The summed E-state index contributed by atoms with van der Waals surface area (Å²) in [5.41, 5.74) is 9.04. The molecule has 0 amide bonds. The third-order valence-corrected chi connectivity index (χ3v) is 7.29. The Morgan fingerprint density at radius 2 is 1.03 bits per heavy atom. The monoisotopic (exact) mass is 494 g/mol. The van der Waals surface area contributed by atoms with Crippen molar-refractivity contribution in [1.29, 1.82) is 0 Å². The van der Waals surface area contributed by atoms with E-state index in [0.29, 0.717) is 26.1 Å². The summed E-state index contributed by atoms with van der Waals surface area (Å²) in [6.07, 6.45) is 1.22. The van der Waals surface area contributed by atoms with Crippen LogP contribution in [0.2, 0.25) is 0 Å². The molecule has 4 aromatic rings. The number of aryl methyl sites for hydroxylation is 2. The van der Waals surface area contributed by atoms with E-state index in [1.165, 1.54) is 33.4 Å². The van der Waals surface area contributed by atoms with Crippen molar-refractivity contribution in [3.63, 3.8) is 0 Å². The van der Waals surface area contributed by atoms with E-state index in [1.54, 1.807) is 0 Å². The number of aliphatic hydroxyl groups excluding tert-OH is 2. The fraction of sp³-hybridized carbons (Fsp3) is 0.273. The summed E-state index contributed by atoms with van der Waals surface area (Å²) in [4.78, 5) is 0. The van der Waals surface area contributed by atoms with Gasteiger partial charge in [-0.3, -0.25) is 0 Å². The van der Waals surface area contributed by atoms with Crippen molar-refractivity contribution < 1.29 is 19.7 Å². The molecule has 0 atom stereocenters. The van der Waals surface area contributed by atoms with E-state index in [9.17, 15) is 0 Å². The average Bonchev–Trinajstić information content (AvgIpc) is 3.22. The first-order chi connectivity index (χ1) is 18.1. The molecular weight excluding hydrogens is 460 g/mol. The van der Waals surface area contributed by atoms with Crippen molar-refractivity contribution in [2.24, 2.45) is 0 Å². The van der Waals surface area contributed by atoms with Gasteiger partial charge >= 0.3 is 0 Å². The maximum Gasteiger partial charge on any atom is 0.122 e. The van der Waals surface area contributed by atoms with Crippen LogP contribution >= 0.6 is 0 Å². The lowest BCUT2D eigenvalue weighted by molar-refractivity contribution is 0.232. The van der Waals surface area contributed by atoms with Crippen LogP contribution in [0.5, 0.6) is 11.5 Å². The number of ether oxygens (including phenoxy) is 2. The van der Waals surface area contributed by atoms with Crippen LogP contribution in [0.4, 0.5) is 0 Å². The van der Waals surface area contributed by atoms with Crippen LogP contribution in [-0.2, 0) is 5.41 Å². The molecule has 5 rings (SSSR count). The molecule has 37 heavy (non-hydrogen) atoms. The first kappa shape index (κ1) is 25.1. The van der Waals surface area contributed by atoms with Crippen LogP contribution in [0.25, 0.3) is 11.1 Å². The summed E-state index contributed by atoms with van der Waals surface area (Å²) in [7, 11) is 0. The molecule has 190 valence electrons.